The van der Waals surface area contributed by atoms with Gasteiger partial charge in [0.15, 0.2) is 0 Å². The van der Waals surface area contributed by atoms with E-state index in [1.54, 1.807) is 0 Å². The van der Waals surface area contributed by atoms with Crippen LogP contribution in [0.2, 0.25) is 0 Å². The van der Waals surface area contributed by atoms with E-state index < -0.39 is 0 Å². The predicted molar refractivity (Wildman–Crippen MR) is 75.0 cm³/mol. The van der Waals surface area contributed by atoms with Gasteiger partial charge in [-0.3, -0.25) is 0 Å². The lowest BCUT2D eigenvalue weighted by Crippen LogP contribution is -2.13. The van der Waals surface area contributed by atoms with Crippen LogP contribution < -0.4 is 0 Å². The Morgan fingerprint density at radius 3 is 2.47 bits per heavy atom. The Bertz CT molecular complexity index is 367. The van der Waals surface area contributed by atoms with Crippen molar-refractivity contribution < 1.29 is 5.11 Å². The zero-order valence-corrected chi connectivity index (χ0v) is 12.0. The monoisotopic (exact) mass is 296 g/mol. The van der Waals surface area contributed by atoms with Crippen LogP contribution >= 0.6 is 15.9 Å². The summed E-state index contributed by atoms with van der Waals surface area (Å²) in [6, 6.07) is 6.20. The van der Waals surface area contributed by atoms with Crippen molar-refractivity contribution in [1.29, 1.82) is 0 Å². The Balaban J connectivity index is 2.16. The van der Waals surface area contributed by atoms with Gasteiger partial charge in [0.05, 0.1) is 6.10 Å². The van der Waals surface area contributed by atoms with Crippen LogP contribution in [0.1, 0.15) is 55.8 Å². The van der Waals surface area contributed by atoms with Gasteiger partial charge in [-0.2, -0.15) is 0 Å². The first-order valence-corrected chi connectivity index (χ1v) is 7.42. The zero-order chi connectivity index (χ0) is 12.3. The summed E-state index contributed by atoms with van der Waals surface area (Å²) < 4.78 is 1.06. The fourth-order valence-corrected chi connectivity index (χ4v) is 3.19. The maximum absolute atomic E-state index is 10.6. The van der Waals surface area contributed by atoms with Crippen molar-refractivity contribution in [2.75, 3.05) is 0 Å². The van der Waals surface area contributed by atoms with E-state index in [0.717, 1.165) is 10.0 Å². The van der Waals surface area contributed by atoms with Crippen LogP contribution in [0.15, 0.2) is 22.7 Å². The molecular weight excluding hydrogens is 276 g/mol. The quantitative estimate of drug-likeness (QED) is 0.780. The Morgan fingerprint density at radius 2 is 1.82 bits per heavy atom. The van der Waals surface area contributed by atoms with Gasteiger partial charge >= 0.3 is 0 Å². The van der Waals surface area contributed by atoms with Crippen molar-refractivity contribution in [2.24, 2.45) is 5.92 Å². The highest BCUT2D eigenvalue weighted by molar-refractivity contribution is 9.10. The molecule has 0 spiro atoms. The fourth-order valence-electron chi connectivity index (χ4n) is 2.81. The van der Waals surface area contributed by atoms with Crippen LogP contribution in [-0.2, 0) is 0 Å². The van der Waals surface area contributed by atoms with Gasteiger partial charge in [0, 0.05) is 4.47 Å². The first kappa shape index (κ1) is 13.1. The van der Waals surface area contributed by atoms with Crippen LogP contribution in [0.5, 0.6) is 0 Å². The van der Waals surface area contributed by atoms with Crippen molar-refractivity contribution in [1.82, 2.24) is 0 Å². The summed E-state index contributed by atoms with van der Waals surface area (Å²) in [5, 5.41) is 10.6. The van der Waals surface area contributed by atoms with E-state index in [-0.39, 0.29) is 6.10 Å². The van der Waals surface area contributed by atoms with E-state index in [4.69, 9.17) is 0 Å². The predicted octanol–water partition coefficient (Wildman–Crippen LogP) is 4.76. The number of aryl methyl sites for hydroxylation is 1. The molecule has 1 aromatic rings. The summed E-state index contributed by atoms with van der Waals surface area (Å²) in [7, 11) is 0. The van der Waals surface area contributed by atoms with Crippen LogP contribution in [0.25, 0.3) is 0 Å². The molecule has 94 valence electrons. The minimum atomic E-state index is -0.286. The summed E-state index contributed by atoms with van der Waals surface area (Å²) >= 11 is 3.49. The standard InChI is InChI=1S/C15H21BrO/c1-11-8-9-13(16)10-14(11)15(17)12-6-4-2-3-5-7-12/h8-10,12,15,17H,2-7H2,1H3. The number of aliphatic hydroxyl groups is 1. The second-order valence-corrected chi connectivity index (χ2v) is 6.11. The molecule has 0 amide bonds. The minimum Gasteiger partial charge on any atom is -0.388 e. The molecule has 1 unspecified atom stereocenters. The Morgan fingerprint density at radius 1 is 1.18 bits per heavy atom. The Kier molecular flexibility index (Phi) is 4.63. The summed E-state index contributed by atoms with van der Waals surface area (Å²) in [5.41, 5.74) is 2.30. The first-order valence-electron chi connectivity index (χ1n) is 6.62. The molecule has 1 saturated carbocycles. The maximum atomic E-state index is 10.6. The third-order valence-corrected chi connectivity index (χ3v) is 4.40. The molecule has 1 aliphatic carbocycles. The van der Waals surface area contributed by atoms with Crippen molar-refractivity contribution in [3.63, 3.8) is 0 Å². The highest BCUT2D eigenvalue weighted by Gasteiger charge is 2.23. The van der Waals surface area contributed by atoms with Crippen LogP contribution in [0.4, 0.5) is 0 Å². The van der Waals surface area contributed by atoms with Crippen LogP contribution in [0.3, 0.4) is 0 Å². The van der Waals surface area contributed by atoms with E-state index in [2.05, 4.69) is 35.0 Å². The average molecular weight is 297 g/mol. The normalized spacial score (nSPS) is 19.9. The molecule has 0 heterocycles. The third kappa shape index (κ3) is 3.32. The van der Waals surface area contributed by atoms with Gasteiger partial charge in [0.1, 0.15) is 0 Å². The molecule has 17 heavy (non-hydrogen) atoms. The van der Waals surface area contributed by atoms with Crippen molar-refractivity contribution in [2.45, 2.75) is 51.6 Å². The Hall–Kier alpha value is -0.340. The smallest absolute Gasteiger partial charge is 0.0821 e. The summed E-state index contributed by atoms with van der Waals surface area (Å²) in [6.07, 6.45) is 7.27. The number of aliphatic hydroxyl groups excluding tert-OH is 1. The molecule has 2 heteroatoms. The average Bonchev–Trinajstić information content (AvgIpc) is 2.60. The molecule has 0 aromatic heterocycles. The van der Waals surface area contributed by atoms with Gasteiger partial charge in [-0.15, -0.1) is 0 Å². The number of benzene rings is 1. The molecule has 1 fully saturated rings. The molecule has 1 N–H and O–H groups in total. The van der Waals surface area contributed by atoms with Crippen LogP contribution in [0, 0.1) is 12.8 Å². The highest BCUT2D eigenvalue weighted by Crippen LogP contribution is 2.35. The maximum Gasteiger partial charge on any atom is 0.0821 e. The molecule has 1 atom stereocenters. The van der Waals surface area contributed by atoms with E-state index in [1.165, 1.54) is 44.1 Å². The van der Waals surface area contributed by atoms with Crippen molar-refractivity contribution >= 4 is 15.9 Å². The zero-order valence-electron chi connectivity index (χ0n) is 10.5. The molecule has 0 bridgehead atoms. The van der Waals surface area contributed by atoms with Gasteiger partial charge in [0.2, 0.25) is 0 Å². The summed E-state index contributed by atoms with van der Waals surface area (Å²) in [6.45, 7) is 2.09. The summed E-state index contributed by atoms with van der Waals surface area (Å²) in [5.74, 6) is 0.450. The van der Waals surface area contributed by atoms with Crippen molar-refractivity contribution in [3.05, 3.63) is 33.8 Å². The van der Waals surface area contributed by atoms with Crippen molar-refractivity contribution in [3.8, 4) is 0 Å². The lowest BCUT2D eigenvalue weighted by Gasteiger charge is -2.23. The molecule has 2 rings (SSSR count). The lowest BCUT2D eigenvalue weighted by atomic mass is 9.88. The highest BCUT2D eigenvalue weighted by atomic mass is 79.9. The number of hydrogen-bond donors (Lipinski definition) is 1. The van der Waals surface area contributed by atoms with E-state index in [1.807, 2.05) is 6.07 Å². The molecule has 0 saturated heterocycles. The number of rotatable bonds is 2. The first-order chi connectivity index (χ1) is 8.18. The number of halogens is 1. The number of hydrogen-bond acceptors (Lipinski definition) is 1. The van der Waals surface area contributed by atoms with Gasteiger partial charge in [-0.1, -0.05) is 47.7 Å². The molecule has 1 aliphatic rings. The second kappa shape index (κ2) is 6.01. The third-order valence-electron chi connectivity index (χ3n) is 3.91. The van der Waals surface area contributed by atoms with Gasteiger partial charge in [-0.25, -0.2) is 0 Å². The topological polar surface area (TPSA) is 20.2 Å². The molecule has 0 aliphatic heterocycles. The fraction of sp³-hybridized carbons (Fsp3) is 0.600. The van der Waals surface area contributed by atoms with E-state index in [9.17, 15) is 5.11 Å². The largest absolute Gasteiger partial charge is 0.388 e. The molecule has 0 radical (unpaired) electrons. The second-order valence-electron chi connectivity index (χ2n) is 5.20. The molecule has 1 nitrogen and oxygen atoms in total. The SMILES string of the molecule is Cc1ccc(Br)cc1C(O)C1CCCCCC1. The van der Waals surface area contributed by atoms with E-state index in [0.29, 0.717) is 5.92 Å². The minimum absolute atomic E-state index is 0.286. The van der Waals surface area contributed by atoms with Gasteiger partial charge < -0.3 is 5.11 Å². The summed E-state index contributed by atoms with van der Waals surface area (Å²) in [4.78, 5) is 0. The van der Waals surface area contributed by atoms with Crippen LogP contribution in [-0.4, -0.2) is 5.11 Å². The van der Waals surface area contributed by atoms with E-state index >= 15 is 0 Å². The molecular formula is C15H21BrO. The van der Waals surface area contributed by atoms with Gasteiger partial charge in [0.25, 0.3) is 0 Å². The van der Waals surface area contributed by atoms with Gasteiger partial charge in [-0.05, 0) is 48.9 Å². The lowest BCUT2D eigenvalue weighted by molar-refractivity contribution is 0.0981. The Labute approximate surface area is 112 Å². The molecule has 1 aromatic carbocycles.